The molecule has 2 heterocycles. The van der Waals surface area contributed by atoms with Crippen LogP contribution in [-0.4, -0.2) is 152 Å². The molecule has 14 nitrogen and oxygen atoms in total. The number of hydrogen-bond donors (Lipinski definition) is 9. The summed E-state index contributed by atoms with van der Waals surface area (Å²) in [7, 11) is 0. The summed E-state index contributed by atoms with van der Waals surface area (Å²) in [5.74, 6) is 0. The van der Waals surface area contributed by atoms with E-state index in [1.165, 1.54) is 20.8 Å². The first-order valence-corrected chi connectivity index (χ1v) is 11.1. The molecule has 0 saturated carbocycles. The maximum atomic E-state index is 10.6. The van der Waals surface area contributed by atoms with Crippen LogP contribution < -0.4 is 0 Å². The van der Waals surface area contributed by atoms with Gasteiger partial charge in [-0.2, -0.15) is 0 Å². The van der Waals surface area contributed by atoms with E-state index in [0.717, 1.165) is 0 Å². The molecule has 0 aliphatic carbocycles. The molecule has 0 radical (unpaired) electrons. The van der Waals surface area contributed by atoms with Gasteiger partial charge in [-0.3, -0.25) is 0 Å². The van der Waals surface area contributed by atoms with Crippen molar-refractivity contribution >= 4 is 0 Å². The third kappa shape index (κ3) is 6.80. The van der Waals surface area contributed by atoms with E-state index in [4.69, 9.17) is 28.8 Å². The lowest BCUT2D eigenvalue weighted by Crippen LogP contribution is -2.65. The van der Waals surface area contributed by atoms with Crippen LogP contribution in [0.5, 0.6) is 0 Å². The molecule has 12 unspecified atom stereocenters. The minimum atomic E-state index is -1.66. The molecule has 2 aliphatic heterocycles. The number of rotatable bonds is 11. The maximum absolute atomic E-state index is 10.6. The van der Waals surface area contributed by atoms with Crippen LogP contribution >= 0.6 is 0 Å². The van der Waals surface area contributed by atoms with Crippen molar-refractivity contribution in [3.8, 4) is 0 Å². The van der Waals surface area contributed by atoms with Crippen LogP contribution in [0, 0.1) is 0 Å². The summed E-state index contributed by atoms with van der Waals surface area (Å²) in [5.41, 5.74) is 0. The number of ether oxygens (including phenoxy) is 5. The lowest BCUT2D eigenvalue weighted by Gasteiger charge is -2.47. The van der Waals surface area contributed by atoms with Gasteiger partial charge in [-0.15, -0.1) is 0 Å². The van der Waals surface area contributed by atoms with E-state index in [-0.39, 0.29) is 0 Å². The second-order valence-corrected chi connectivity index (χ2v) is 8.60. The van der Waals surface area contributed by atoms with Gasteiger partial charge in [-0.1, -0.05) is 0 Å². The molecule has 202 valence electrons. The third-order valence-corrected chi connectivity index (χ3v) is 6.04. The molecule has 0 spiro atoms. The van der Waals surface area contributed by atoms with Crippen LogP contribution in [0.25, 0.3) is 0 Å². The molecule has 9 N–H and O–H groups in total. The lowest BCUT2D eigenvalue weighted by molar-refractivity contribution is -0.363. The van der Waals surface area contributed by atoms with Crippen molar-refractivity contribution in [2.24, 2.45) is 0 Å². The fourth-order valence-corrected chi connectivity index (χ4v) is 3.96. The Kier molecular flexibility index (Phi) is 11.4. The fourth-order valence-electron chi connectivity index (χ4n) is 3.96. The first-order chi connectivity index (χ1) is 16.0. The molecule has 0 bridgehead atoms. The van der Waals surface area contributed by atoms with Crippen LogP contribution in [0.1, 0.15) is 20.8 Å². The van der Waals surface area contributed by atoms with Crippen molar-refractivity contribution in [3.63, 3.8) is 0 Å². The van der Waals surface area contributed by atoms with Gasteiger partial charge >= 0.3 is 0 Å². The van der Waals surface area contributed by atoms with Gasteiger partial charge in [0.1, 0.15) is 61.0 Å². The van der Waals surface area contributed by atoms with Crippen molar-refractivity contribution in [1.82, 2.24) is 0 Å². The summed E-state index contributed by atoms with van der Waals surface area (Å²) in [6.45, 7) is 2.33. The summed E-state index contributed by atoms with van der Waals surface area (Å²) in [6.07, 6.45) is -18.7. The zero-order chi connectivity index (χ0) is 25.7. The third-order valence-electron chi connectivity index (χ3n) is 6.04. The van der Waals surface area contributed by atoms with Gasteiger partial charge in [0, 0.05) is 0 Å². The molecular weight excluding hydrogens is 464 g/mol. The number of aliphatic hydroxyl groups excluding tert-OH is 9. The molecule has 0 amide bonds. The highest BCUT2D eigenvalue weighted by Gasteiger charge is 2.51. The van der Waals surface area contributed by atoms with Crippen molar-refractivity contribution in [2.75, 3.05) is 19.8 Å². The van der Waals surface area contributed by atoms with Crippen molar-refractivity contribution in [3.05, 3.63) is 0 Å². The first kappa shape index (κ1) is 29.7. The monoisotopic (exact) mass is 502 g/mol. The van der Waals surface area contributed by atoms with Gasteiger partial charge in [0.2, 0.25) is 0 Å². The highest BCUT2D eigenvalue weighted by molar-refractivity contribution is 4.95. The van der Waals surface area contributed by atoms with Crippen molar-refractivity contribution < 1.29 is 69.6 Å². The Morgan fingerprint density at radius 1 is 0.794 bits per heavy atom. The van der Waals surface area contributed by atoms with E-state index in [1.54, 1.807) is 0 Å². The van der Waals surface area contributed by atoms with Crippen LogP contribution in [0.15, 0.2) is 0 Å². The van der Waals surface area contributed by atoms with Gasteiger partial charge in [0.15, 0.2) is 12.6 Å². The Hall–Kier alpha value is -0.560. The fraction of sp³-hybridized carbons (Fsp3) is 1.00. The Bertz CT molecular complexity index is 596. The van der Waals surface area contributed by atoms with E-state index in [1.807, 2.05) is 0 Å². The second-order valence-electron chi connectivity index (χ2n) is 8.60. The average Bonchev–Trinajstić information content (AvgIpc) is 2.82. The zero-order valence-corrected chi connectivity index (χ0v) is 19.3. The predicted octanol–water partition coefficient (Wildman–Crippen LogP) is -4.84. The van der Waals surface area contributed by atoms with Crippen LogP contribution in [0.4, 0.5) is 0 Å². The summed E-state index contributed by atoms with van der Waals surface area (Å²) in [5, 5.41) is 89.2. The first-order valence-electron chi connectivity index (χ1n) is 11.1. The average molecular weight is 503 g/mol. The van der Waals surface area contributed by atoms with Crippen molar-refractivity contribution in [1.29, 1.82) is 0 Å². The van der Waals surface area contributed by atoms with E-state index < -0.39 is 106 Å². The lowest BCUT2D eigenvalue weighted by atomic mass is 9.95. The van der Waals surface area contributed by atoms with Gasteiger partial charge in [-0.05, 0) is 20.8 Å². The Labute approximate surface area is 196 Å². The molecule has 34 heavy (non-hydrogen) atoms. The van der Waals surface area contributed by atoms with Crippen molar-refractivity contribution in [2.45, 2.75) is 107 Å². The normalized spacial score (nSPS) is 42.7. The smallest absolute Gasteiger partial charge is 0.187 e. The van der Waals surface area contributed by atoms with Gasteiger partial charge in [-0.25, -0.2) is 0 Å². The van der Waals surface area contributed by atoms with E-state index in [2.05, 4.69) is 0 Å². The number of hydrogen-bond acceptors (Lipinski definition) is 14. The molecule has 0 aromatic carbocycles. The molecule has 14 atom stereocenters. The minimum absolute atomic E-state index is 0.576. The van der Waals surface area contributed by atoms with Gasteiger partial charge in [0.25, 0.3) is 0 Å². The van der Waals surface area contributed by atoms with Gasteiger partial charge < -0.3 is 69.6 Å². The zero-order valence-electron chi connectivity index (χ0n) is 19.3. The highest BCUT2D eigenvalue weighted by Crippen LogP contribution is 2.31. The van der Waals surface area contributed by atoms with E-state index in [0.29, 0.717) is 0 Å². The second kappa shape index (κ2) is 13.1. The van der Waals surface area contributed by atoms with E-state index >= 15 is 0 Å². The quantitative estimate of drug-likeness (QED) is 0.121. The molecule has 14 heteroatoms. The summed E-state index contributed by atoms with van der Waals surface area (Å²) >= 11 is 0. The molecular formula is C20H38O14. The summed E-state index contributed by atoms with van der Waals surface area (Å²) in [4.78, 5) is 0. The molecule has 2 saturated heterocycles. The molecule has 2 fully saturated rings. The standard InChI is InChI=1S/C20H38O14/c1-7(13(25)10(24)4-21)30-9(3)32-19-17(29)15(27)11(5-22)33-20(19)34-18-12(6-23)31-8(2)14(26)16(18)28/h7-29H,4-6H2,1-3H3/t7?,8?,9-,10+,11?,12?,13?,14?,15?,16?,17?,18?,19?,20?/m0/s1. The number of aliphatic hydroxyl groups is 9. The molecule has 2 rings (SSSR count). The van der Waals surface area contributed by atoms with Crippen LogP contribution in [0.3, 0.4) is 0 Å². The summed E-state index contributed by atoms with van der Waals surface area (Å²) < 4.78 is 27.8. The highest BCUT2D eigenvalue weighted by atomic mass is 16.8. The van der Waals surface area contributed by atoms with Crippen LogP contribution in [0.2, 0.25) is 0 Å². The topological polar surface area (TPSA) is 228 Å². The Morgan fingerprint density at radius 2 is 1.38 bits per heavy atom. The molecule has 0 aromatic rings. The maximum Gasteiger partial charge on any atom is 0.187 e. The Morgan fingerprint density at radius 3 is 1.94 bits per heavy atom. The van der Waals surface area contributed by atoms with Crippen LogP contribution in [-0.2, 0) is 23.7 Å². The Balaban J connectivity index is 2.18. The molecule has 0 aromatic heterocycles. The predicted molar refractivity (Wildman–Crippen MR) is 110 cm³/mol. The minimum Gasteiger partial charge on any atom is -0.394 e. The van der Waals surface area contributed by atoms with E-state index in [9.17, 15) is 40.9 Å². The summed E-state index contributed by atoms with van der Waals surface area (Å²) in [6, 6.07) is 0. The van der Waals surface area contributed by atoms with Gasteiger partial charge in [0.05, 0.1) is 32.0 Å². The molecule has 2 aliphatic rings. The largest absolute Gasteiger partial charge is 0.394 e. The SMILES string of the molecule is CC1OC(CO)C(OC2OC(CO)C(O)C(O)C2O[C@@H](C)OC(C)C(O)[C@H](O)CO)C(O)C1O.